The standard InChI is InChI=1S/C12H15N3O2/c1-16-10-7-11(17-2)15-9-6-4-3-5-8(9)13-12(15)14-10/h7H,3-6H2,1-2H3. The molecule has 0 saturated heterocycles. The fraction of sp³-hybridized carbons (Fsp3) is 0.500. The Hall–Kier alpha value is -1.78. The Morgan fingerprint density at radius 2 is 1.94 bits per heavy atom. The summed E-state index contributed by atoms with van der Waals surface area (Å²) in [4.78, 5) is 8.92. The lowest BCUT2D eigenvalue weighted by Gasteiger charge is -2.12. The molecule has 1 aliphatic rings. The van der Waals surface area contributed by atoms with Crippen LogP contribution in [0.15, 0.2) is 6.07 Å². The largest absolute Gasteiger partial charge is 0.482 e. The van der Waals surface area contributed by atoms with Gasteiger partial charge in [-0.2, -0.15) is 4.98 Å². The van der Waals surface area contributed by atoms with Gasteiger partial charge >= 0.3 is 0 Å². The molecule has 1 aliphatic carbocycles. The van der Waals surface area contributed by atoms with Gasteiger partial charge in [0, 0.05) is 0 Å². The fourth-order valence-corrected chi connectivity index (χ4v) is 2.39. The second kappa shape index (κ2) is 3.91. The summed E-state index contributed by atoms with van der Waals surface area (Å²) in [6.07, 6.45) is 4.48. The molecule has 2 heterocycles. The van der Waals surface area contributed by atoms with Crippen LogP contribution < -0.4 is 9.47 Å². The highest BCUT2D eigenvalue weighted by atomic mass is 16.5. The zero-order valence-corrected chi connectivity index (χ0v) is 10.1. The lowest BCUT2D eigenvalue weighted by molar-refractivity contribution is 0.368. The van der Waals surface area contributed by atoms with Crippen molar-refractivity contribution >= 4 is 5.78 Å². The highest BCUT2D eigenvalue weighted by Gasteiger charge is 2.20. The predicted octanol–water partition coefficient (Wildman–Crippen LogP) is 1.63. The Morgan fingerprint density at radius 1 is 1.12 bits per heavy atom. The van der Waals surface area contributed by atoms with Crippen molar-refractivity contribution in [1.82, 2.24) is 14.4 Å². The van der Waals surface area contributed by atoms with Crippen LogP contribution in [0, 0.1) is 0 Å². The first-order valence-corrected chi connectivity index (χ1v) is 5.82. The molecule has 0 unspecified atom stereocenters. The summed E-state index contributed by atoms with van der Waals surface area (Å²) in [6.45, 7) is 0. The first-order chi connectivity index (χ1) is 8.33. The highest BCUT2D eigenvalue weighted by molar-refractivity contribution is 5.44. The van der Waals surface area contributed by atoms with E-state index in [4.69, 9.17) is 9.47 Å². The van der Waals surface area contributed by atoms with E-state index in [0.717, 1.165) is 24.4 Å². The molecule has 0 aromatic carbocycles. The first kappa shape index (κ1) is 10.4. The maximum atomic E-state index is 5.40. The molecule has 0 aliphatic heterocycles. The van der Waals surface area contributed by atoms with Gasteiger partial charge in [0.2, 0.25) is 17.5 Å². The van der Waals surface area contributed by atoms with Gasteiger partial charge in [-0.05, 0) is 25.7 Å². The molecule has 5 heteroatoms. The van der Waals surface area contributed by atoms with Crippen molar-refractivity contribution in [1.29, 1.82) is 0 Å². The van der Waals surface area contributed by atoms with Crippen LogP contribution in [0.2, 0.25) is 0 Å². The zero-order chi connectivity index (χ0) is 11.8. The van der Waals surface area contributed by atoms with Crippen molar-refractivity contribution in [3.8, 4) is 11.8 Å². The van der Waals surface area contributed by atoms with Crippen LogP contribution in [0.25, 0.3) is 5.78 Å². The molecule has 0 atom stereocenters. The monoisotopic (exact) mass is 233 g/mol. The molecule has 0 amide bonds. The molecule has 0 radical (unpaired) electrons. The zero-order valence-electron chi connectivity index (χ0n) is 10.1. The van der Waals surface area contributed by atoms with Crippen molar-refractivity contribution in [3.63, 3.8) is 0 Å². The molecule has 0 fully saturated rings. The minimum Gasteiger partial charge on any atom is -0.482 e. The summed E-state index contributed by atoms with van der Waals surface area (Å²) in [5.74, 6) is 1.95. The maximum Gasteiger partial charge on any atom is 0.240 e. The summed E-state index contributed by atoms with van der Waals surface area (Å²) < 4.78 is 12.5. The van der Waals surface area contributed by atoms with Crippen LogP contribution in [0.5, 0.6) is 11.8 Å². The molecule has 0 N–H and O–H groups in total. The van der Waals surface area contributed by atoms with E-state index in [2.05, 4.69) is 9.97 Å². The number of nitrogens with zero attached hydrogens (tertiary/aromatic N) is 3. The SMILES string of the molecule is COc1cc(OC)n2c3c(nc2n1)CCCC3. The summed E-state index contributed by atoms with van der Waals surface area (Å²) in [5, 5.41) is 0. The van der Waals surface area contributed by atoms with E-state index in [1.165, 1.54) is 18.5 Å². The van der Waals surface area contributed by atoms with E-state index >= 15 is 0 Å². The third-order valence-electron chi connectivity index (χ3n) is 3.21. The molecule has 2 aromatic rings. The molecule has 0 bridgehead atoms. The predicted molar refractivity (Wildman–Crippen MR) is 62.7 cm³/mol. The Balaban J connectivity index is 2.29. The van der Waals surface area contributed by atoms with Crippen molar-refractivity contribution in [2.75, 3.05) is 14.2 Å². The topological polar surface area (TPSA) is 48.7 Å². The van der Waals surface area contributed by atoms with Crippen molar-refractivity contribution < 1.29 is 9.47 Å². The third-order valence-corrected chi connectivity index (χ3v) is 3.21. The number of aromatic nitrogens is 3. The van der Waals surface area contributed by atoms with Crippen molar-refractivity contribution in [2.45, 2.75) is 25.7 Å². The van der Waals surface area contributed by atoms with Crippen LogP contribution >= 0.6 is 0 Å². The van der Waals surface area contributed by atoms with E-state index in [9.17, 15) is 0 Å². The summed E-state index contributed by atoms with van der Waals surface area (Å²) in [7, 11) is 3.25. The van der Waals surface area contributed by atoms with Crippen molar-refractivity contribution in [3.05, 3.63) is 17.5 Å². The number of ether oxygens (including phenoxy) is 2. The number of hydrogen-bond donors (Lipinski definition) is 0. The van der Waals surface area contributed by atoms with Gasteiger partial charge in [-0.3, -0.25) is 4.40 Å². The molecular weight excluding hydrogens is 218 g/mol. The summed E-state index contributed by atoms with van der Waals surface area (Å²) in [5.41, 5.74) is 2.38. The number of rotatable bonds is 2. The van der Waals surface area contributed by atoms with E-state index in [1.807, 2.05) is 4.40 Å². The van der Waals surface area contributed by atoms with Crippen molar-refractivity contribution in [2.24, 2.45) is 0 Å². The van der Waals surface area contributed by atoms with Gasteiger partial charge in [-0.1, -0.05) is 0 Å². The van der Waals surface area contributed by atoms with Crippen LogP contribution in [-0.4, -0.2) is 28.6 Å². The van der Waals surface area contributed by atoms with Gasteiger partial charge in [0.15, 0.2) is 0 Å². The van der Waals surface area contributed by atoms with Crippen LogP contribution in [-0.2, 0) is 12.8 Å². The molecule has 5 nitrogen and oxygen atoms in total. The molecule has 3 rings (SSSR count). The molecular formula is C12H15N3O2. The average Bonchev–Trinajstić information content (AvgIpc) is 2.75. The van der Waals surface area contributed by atoms with Gasteiger partial charge in [0.05, 0.1) is 31.7 Å². The van der Waals surface area contributed by atoms with Gasteiger partial charge in [-0.25, -0.2) is 4.98 Å². The van der Waals surface area contributed by atoms with E-state index in [-0.39, 0.29) is 0 Å². The second-order valence-electron chi connectivity index (χ2n) is 4.19. The quantitative estimate of drug-likeness (QED) is 0.791. The van der Waals surface area contributed by atoms with Crippen LogP contribution in [0.1, 0.15) is 24.2 Å². The molecule has 0 saturated carbocycles. The molecule has 90 valence electrons. The maximum absolute atomic E-state index is 5.40. The van der Waals surface area contributed by atoms with E-state index < -0.39 is 0 Å². The van der Waals surface area contributed by atoms with Gasteiger partial charge < -0.3 is 9.47 Å². The summed E-state index contributed by atoms with van der Waals surface area (Å²) in [6, 6.07) is 1.80. The Bertz CT molecular complexity index is 562. The lowest BCUT2D eigenvalue weighted by Crippen LogP contribution is -2.06. The van der Waals surface area contributed by atoms with Gasteiger partial charge in [-0.15, -0.1) is 0 Å². The Labute approximate surface area is 99.4 Å². The molecule has 2 aromatic heterocycles. The lowest BCUT2D eigenvalue weighted by atomic mass is 10.0. The number of fused-ring (bicyclic) bond motifs is 3. The Kier molecular flexibility index (Phi) is 2.39. The van der Waals surface area contributed by atoms with E-state index in [1.54, 1.807) is 20.3 Å². The summed E-state index contributed by atoms with van der Waals surface area (Å²) >= 11 is 0. The molecule has 0 spiro atoms. The average molecular weight is 233 g/mol. The van der Waals surface area contributed by atoms with E-state index in [0.29, 0.717) is 11.7 Å². The molecule has 17 heavy (non-hydrogen) atoms. The number of methoxy groups -OCH3 is 2. The van der Waals surface area contributed by atoms with Gasteiger partial charge in [0.25, 0.3) is 0 Å². The van der Waals surface area contributed by atoms with Gasteiger partial charge in [0.1, 0.15) is 0 Å². The number of aryl methyl sites for hydroxylation is 2. The third kappa shape index (κ3) is 1.53. The minimum atomic E-state index is 0.539. The van der Waals surface area contributed by atoms with Crippen LogP contribution in [0.4, 0.5) is 0 Å². The highest BCUT2D eigenvalue weighted by Crippen LogP contribution is 2.27. The Morgan fingerprint density at radius 3 is 2.71 bits per heavy atom. The van der Waals surface area contributed by atoms with Crippen LogP contribution in [0.3, 0.4) is 0 Å². The number of imidazole rings is 1. The second-order valence-corrected chi connectivity index (χ2v) is 4.19. The smallest absolute Gasteiger partial charge is 0.240 e. The minimum absolute atomic E-state index is 0.539. The first-order valence-electron chi connectivity index (χ1n) is 5.82. The number of hydrogen-bond acceptors (Lipinski definition) is 4. The fourth-order valence-electron chi connectivity index (χ4n) is 2.39. The normalized spacial score (nSPS) is 14.7.